The average molecular weight is 263 g/mol. The van der Waals surface area contributed by atoms with E-state index in [4.69, 9.17) is 0 Å². The highest BCUT2D eigenvalue weighted by Gasteiger charge is 2.13. The number of hydrogen-bond acceptors (Lipinski definition) is 3. The fourth-order valence-corrected chi connectivity index (χ4v) is 2.18. The summed E-state index contributed by atoms with van der Waals surface area (Å²) in [5.41, 5.74) is 3.28. The number of ketones is 1. The summed E-state index contributed by atoms with van der Waals surface area (Å²) >= 11 is 0. The molecule has 0 bridgehead atoms. The first kappa shape index (κ1) is 12.3. The zero-order chi connectivity index (χ0) is 13.9. The van der Waals surface area contributed by atoms with Crippen LogP contribution in [0.2, 0.25) is 0 Å². The number of hydrogen-bond donors (Lipinski definition) is 0. The smallest absolute Gasteiger partial charge is 0.162 e. The Balaban J connectivity index is 2.18. The van der Waals surface area contributed by atoms with Crippen molar-refractivity contribution in [3.8, 4) is 16.9 Å². The molecule has 0 fully saturated rings. The van der Waals surface area contributed by atoms with E-state index in [9.17, 15) is 4.79 Å². The summed E-state index contributed by atoms with van der Waals surface area (Å²) in [5, 5.41) is 4.35. The van der Waals surface area contributed by atoms with Crippen molar-refractivity contribution in [2.45, 2.75) is 6.92 Å². The summed E-state index contributed by atoms with van der Waals surface area (Å²) in [6, 6.07) is 13.6. The van der Waals surface area contributed by atoms with Crippen LogP contribution in [-0.2, 0) is 0 Å². The Labute approximate surface area is 116 Å². The van der Waals surface area contributed by atoms with Gasteiger partial charge in [0, 0.05) is 23.5 Å². The minimum atomic E-state index is -0.00564. The molecule has 0 amide bonds. The Kier molecular flexibility index (Phi) is 3.13. The molecule has 98 valence electrons. The van der Waals surface area contributed by atoms with Gasteiger partial charge in [-0.25, -0.2) is 4.68 Å². The SMILES string of the molecule is CC(=O)c1cnccc1-c1ccnn1-c1ccccc1. The van der Waals surface area contributed by atoms with E-state index in [0.29, 0.717) is 5.56 Å². The van der Waals surface area contributed by atoms with E-state index >= 15 is 0 Å². The van der Waals surface area contributed by atoms with Crippen LogP contribution in [0, 0.1) is 0 Å². The van der Waals surface area contributed by atoms with Crippen molar-refractivity contribution < 1.29 is 4.79 Å². The number of pyridine rings is 1. The lowest BCUT2D eigenvalue weighted by Gasteiger charge is -2.10. The molecule has 3 rings (SSSR count). The van der Waals surface area contributed by atoms with E-state index in [1.807, 2.05) is 47.1 Å². The number of aromatic nitrogens is 3. The minimum Gasteiger partial charge on any atom is -0.294 e. The molecule has 0 atom stereocenters. The average Bonchev–Trinajstić information content (AvgIpc) is 2.97. The molecular formula is C16H13N3O. The summed E-state index contributed by atoms with van der Waals surface area (Å²) in [4.78, 5) is 15.8. The van der Waals surface area contributed by atoms with Crippen molar-refractivity contribution in [1.82, 2.24) is 14.8 Å². The Morgan fingerprint density at radius 1 is 1.05 bits per heavy atom. The van der Waals surface area contributed by atoms with E-state index in [0.717, 1.165) is 16.9 Å². The van der Waals surface area contributed by atoms with Crippen molar-refractivity contribution in [1.29, 1.82) is 0 Å². The predicted octanol–water partition coefficient (Wildman–Crippen LogP) is 3.14. The number of benzene rings is 1. The zero-order valence-corrected chi connectivity index (χ0v) is 11.0. The molecule has 4 heteroatoms. The standard InChI is InChI=1S/C16H13N3O/c1-12(20)15-11-17-9-7-14(15)16-8-10-18-19(16)13-5-3-2-4-6-13/h2-11H,1H3. The monoisotopic (exact) mass is 263 g/mol. The number of carbonyl (C=O) groups excluding carboxylic acids is 1. The van der Waals surface area contributed by atoms with E-state index in [-0.39, 0.29) is 5.78 Å². The van der Waals surface area contributed by atoms with Crippen molar-refractivity contribution in [3.05, 3.63) is 66.6 Å². The second kappa shape index (κ2) is 5.09. The largest absolute Gasteiger partial charge is 0.294 e. The molecule has 4 nitrogen and oxygen atoms in total. The summed E-state index contributed by atoms with van der Waals surface area (Å²) in [5.74, 6) is -0.00564. The van der Waals surface area contributed by atoms with E-state index in [1.165, 1.54) is 0 Å². The second-order valence-electron chi connectivity index (χ2n) is 4.44. The third-order valence-corrected chi connectivity index (χ3v) is 3.12. The molecule has 2 aromatic heterocycles. The zero-order valence-electron chi connectivity index (χ0n) is 11.0. The third-order valence-electron chi connectivity index (χ3n) is 3.12. The first-order valence-electron chi connectivity index (χ1n) is 6.32. The minimum absolute atomic E-state index is 0.00564. The normalized spacial score (nSPS) is 10.4. The highest BCUT2D eigenvalue weighted by Crippen LogP contribution is 2.25. The van der Waals surface area contributed by atoms with Crippen LogP contribution in [0.3, 0.4) is 0 Å². The van der Waals surface area contributed by atoms with Crippen molar-refractivity contribution in [2.24, 2.45) is 0 Å². The van der Waals surface area contributed by atoms with Gasteiger partial charge in [0.1, 0.15) is 0 Å². The molecule has 0 radical (unpaired) electrons. The Morgan fingerprint density at radius 2 is 1.85 bits per heavy atom. The van der Waals surface area contributed by atoms with Crippen molar-refractivity contribution in [2.75, 3.05) is 0 Å². The van der Waals surface area contributed by atoms with E-state index in [2.05, 4.69) is 10.1 Å². The maximum atomic E-state index is 11.7. The Hall–Kier alpha value is -2.75. The van der Waals surface area contributed by atoms with E-state index in [1.54, 1.807) is 25.5 Å². The quantitative estimate of drug-likeness (QED) is 0.682. The predicted molar refractivity (Wildman–Crippen MR) is 76.8 cm³/mol. The lowest BCUT2D eigenvalue weighted by Crippen LogP contribution is -2.03. The van der Waals surface area contributed by atoms with Crippen LogP contribution in [0.25, 0.3) is 16.9 Å². The van der Waals surface area contributed by atoms with Crippen molar-refractivity contribution >= 4 is 5.78 Å². The van der Waals surface area contributed by atoms with Gasteiger partial charge in [-0.3, -0.25) is 9.78 Å². The Morgan fingerprint density at radius 3 is 2.60 bits per heavy atom. The van der Waals surface area contributed by atoms with Gasteiger partial charge in [-0.1, -0.05) is 18.2 Å². The molecule has 2 heterocycles. The van der Waals surface area contributed by atoms with Gasteiger partial charge < -0.3 is 0 Å². The molecule has 0 aliphatic carbocycles. The van der Waals surface area contributed by atoms with Crippen LogP contribution in [0.15, 0.2) is 61.1 Å². The lowest BCUT2D eigenvalue weighted by molar-refractivity contribution is 0.101. The second-order valence-corrected chi connectivity index (χ2v) is 4.44. The number of carbonyl (C=O) groups is 1. The van der Waals surface area contributed by atoms with Gasteiger partial charge in [0.15, 0.2) is 5.78 Å². The topological polar surface area (TPSA) is 47.8 Å². The Bertz CT molecular complexity index is 747. The van der Waals surface area contributed by atoms with Gasteiger partial charge in [-0.15, -0.1) is 0 Å². The molecule has 20 heavy (non-hydrogen) atoms. The molecule has 0 saturated heterocycles. The molecule has 3 aromatic rings. The highest BCUT2D eigenvalue weighted by molar-refractivity contribution is 6.00. The van der Waals surface area contributed by atoms with Crippen molar-refractivity contribution in [3.63, 3.8) is 0 Å². The van der Waals surface area contributed by atoms with Gasteiger partial charge in [-0.2, -0.15) is 5.10 Å². The maximum Gasteiger partial charge on any atom is 0.162 e. The first-order valence-corrected chi connectivity index (χ1v) is 6.32. The number of para-hydroxylation sites is 1. The van der Waals surface area contributed by atoms with Crippen LogP contribution in [0.1, 0.15) is 17.3 Å². The van der Waals surface area contributed by atoms with Gasteiger partial charge in [0.05, 0.1) is 17.6 Å². The van der Waals surface area contributed by atoms with Crippen LogP contribution in [-0.4, -0.2) is 20.5 Å². The molecule has 1 aromatic carbocycles. The van der Waals surface area contributed by atoms with E-state index < -0.39 is 0 Å². The molecular weight excluding hydrogens is 250 g/mol. The third kappa shape index (κ3) is 2.12. The van der Waals surface area contributed by atoms with Crippen LogP contribution in [0.4, 0.5) is 0 Å². The summed E-state index contributed by atoms with van der Waals surface area (Å²) in [7, 11) is 0. The molecule has 0 spiro atoms. The lowest BCUT2D eigenvalue weighted by atomic mass is 10.0. The van der Waals surface area contributed by atoms with Crippen LogP contribution < -0.4 is 0 Å². The van der Waals surface area contributed by atoms with Gasteiger partial charge >= 0.3 is 0 Å². The summed E-state index contributed by atoms with van der Waals surface area (Å²) in [6.07, 6.45) is 5.01. The first-order chi connectivity index (χ1) is 9.77. The fourth-order valence-electron chi connectivity index (χ4n) is 2.18. The highest BCUT2D eigenvalue weighted by atomic mass is 16.1. The molecule has 0 aliphatic rings. The molecule has 0 saturated carbocycles. The maximum absolute atomic E-state index is 11.7. The molecule has 0 N–H and O–H groups in total. The van der Waals surface area contributed by atoms with Crippen LogP contribution in [0.5, 0.6) is 0 Å². The number of nitrogens with zero attached hydrogens (tertiary/aromatic N) is 3. The fraction of sp³-hybridized carbons (Fsp3) is 0.0625. The van der Waals surface area contributed by atoms with Gasteiger partial charge in [0.2, 0.25) is 0 Å². The van der Waals surface area contributed by atoms with Crippen LogP contribution >= 0.6 is 0 Å². The number of rotatable bonds is 3. The summed E-state index contributed by atoms with van der Waals surface area (Å²) in [6.45, 7) is 1.55. The van der Waals surface area contributed by atoms with Gasteiger partial charge in [-0.05, 0) is 31.2 Å². The molecule has 0 aliphatic heterocycles. The van der Waals surface area contributed by atoms with Gasteiger partial charge in [0.25, 0.3) is 0 Å². The number of Topliss-reactive ketones (excluding diaryl/α,β-unsaturated/α-hetero) is 1. The molecule has 0 unspecified atom stereocenters. The summed E-state index contributed by atoms with van der Waals surface area (Å²) < 4.78 is 1.82.